The van der Waals surface area contributed by atoms with E-state index in [1.165, 1.54) is 17.8 Å². The van der Waals surface area contributed by atoms with Crippen LogP contribution in [0.1, 0.15) is 22.6 Å². The number of aromatic nitrogens is 5. The minimum absolute atomic E-state index is 0.139. The van der Waals surface area contributed by atoms with Crippen LogP contribution >= 0.6 is 11.8 Å². The summed E-state index contributed by atoms with van der Waals surface area (Å²) >= 11 is 1.26. The van der Waals surface area contributed by atoms with Gasteiger partial charge >= 0.3 is 5.69 Å². The molecule has 0 unspecified atom stereocenters. The molecule has 0 atom stereocenters. The van der Waals surface area contributed by atoms with Gasteiger partial charge in [0.25, 0.3) is 5.56 Å². The summed E-state index contributed by atoms with van der Waals surface area (Å²) in [6.07, 6.45) is 0.191. The number of aromatic amines is 2. The number of hydrogen-bond donors (Lipinski definition) is 3. The molecule has 0 bridgehead atoms. The van der Waals surface area contributed by atoms with Crippen LogP contribution in [0.5, 0.6) is 0 Å². The molecule has 0 radical (unpaired) electrons. The molecule has 4 rings (SSSR count). The van der Waals surface area contributed by atoms with Crippen molar-refractivity contribution in [3.8, 4) is 5.69 Å². The van der Waals surface area contributed by atoms with Crippen molar-refractivity contribution < 1.29 is 4.79 Å². The number of nitrogens with one attached hydrogen (secondary N) is 3. The maximum absolute atomic E-state index is 12.5. The molecule has 0 spiro atoms. The molecular formula is C23H22N6O3S. The highest BCUT2D eigenvalue weighted by Crippen LogP contribution is 2.24. The van der Waals surface area contributed by atoms with E-state index in [1.807, 2.05) is 66.9 Å². The van der Waals surface area contributed by atoms with Crippen molar-refractivity contribution in [3.05, 3.63) is 98.1 Å². The molecule has 0 aliphatic carbocycles. The molecule has 0 fully saturated rings. The van der Waals surface area contributed by atoms with E-state index in [9.17, 15) is 14.4 Å². The molecule has 33 heavy (non-hydrogen) atoms. The predicted molar refractivity (Wildman–Crippen MR) is 127 cm³/mol. The minimum atomic E-state index is -0.582. The Kier molecular flexibility index (Phi) is 6.55. The van der Waals surface area contributed by atoms with Gasteiger partial charge in [-0.1, -0.05) is 42.1 Å². The molecule has 168 valence electrons. The summed E-state index contributed by atoms with van der Waals surface area (Å²) < 4.78 is 1.83. The van der Waals surface area contributed by atoms with Crippen LogP contribution in [0, 0.1) is 13.8 Å². The molecular weight excluding hydrogens is 440 g/mol. The van der Waals surface area contributed by atoms with E-state index in [2.05, 4.69) is 25.5 Å². The molecule has 3 N–H and O–H groups in total. The van der Waals surface area contributed by atoms with Gasteiger partial charge in [0.1, 0.15) is 5.82 Å². The molecule has 0 saturated carbocycles. The number of benzene rings is 2. The number of amides is 1. The number of hydrogen-bond acceptors (Lipinski definition) is 6. The van der Waals surface area contributed by atoms with Crippen LogP contribution in [0.2, 0.25) is 0 Å². The minimum Gasteiger partial charge on any atom is -0.325 e. The van der Waals surface area contributed by atoms with E-state index in [-0.39, 0.29) is 18.1 Å². The first-order valence-electron chi connectivity index (χ1n) is 10.2. The van der Waals surface area contributed by atoms with Gasteiger partial charge in [0.05, 0.1) is 5.75 Å². The highest BCUT2D eigenvalue weighted by atomic mass is 32.2. The third kappa shape index (κ3) is 5.47. The Hall–Kier alpha value is -3.92. The molecule has 2 aromatic carbocycles. The van der Waals surface area contributed by atoms with Crippen LogP contribution in [0.4, 0.5) is 5.69 Å². The molecule has 2 aromatic heterocycles. The Morgan fingerprint density at radius 3 is 2.61 bits per heavy atom. The average Bonchev–Trinajstić information content (AvgIpc) is 3.15. The van der Waals surface area contributed by atoms with E-state index in [0.717, 1.165) is 22.5 Å². The lowest BCUT2D eigenvalue weighted by atomic mass is 10.2. The summed E-state index contributed by atoms with van der Waals surface area (Å²) in [6.45, 7) is 3.91. The van der Waals surface area contributed by atoms with E-state index >= 15 is 0 Å². The maximum Gasteiger partial charge on any atom is 0.325 e. The van der Waals surface area contributed by atoms with E-state index in [0.29, 0.717) is 16.7 Å². The Morgan fingerprint density at radius 1 is 1.03 bits per heavy atom. The molecule has 0 saturated heterocycles. The number of thioether (sulfide) groups is 1. The lowest BCUT2D eigenvalue weighted by Gasteiger charge is -2.11. The monoisotopic (exact) mass is 462 g/mol. The van der Waals surface area contributed by atoms with Crippen molar-refractivity contribution in [2.24, 2.45) is 0 Å². The Balaban J connectivity index is 1.61. The SMILES string of the molecule is Cc1cccc(-n2c(Cc3cc(=O)[nH]c(=O)[nH]3)nnc2SCC(=O)Nc2ccccc2C)c1. The van der Waals surface area contributed by atoms with Crippen LogP contribution in [0.15, 0.2) is 69.3 Å². The quantitative estimate of drug-likeness (QED) is 0.363. The van der Waals surface area contributed by atoms with Crippen molar-refractivity contribution in [1.29, 1.82) is 0 Å². The average molecular weight is 463 g/mol. The van der Waals surface area contributed by atoms with Crippen LogP contribution in [0.3, 0.4) is 0 Å². The number of H-pyrrole nitrogens is 2. The fourth-order valence-corrected chi connectivity index (χ4v) is 4.12. The number of carbonyl (C=O) groups is 1. The van der Waals surface area contributed by atoms with E-state index in [4.69, 9.17) is 0 Å². The Morgan fingerprint density at radius 2 is 1.85 bits per heavy atom. The topological polar surface area (TPSA) is 126 Å². The Bertz CT molecular complexity index is 1390. The van der Waals surface area contributed by atoms with Crippen molar-refractivity contribution in [2.45, 2.75) is 25.4 Å². The van der Waals surface area contributed by atoms with Crippen LogP contribution in [-0.4, -0.2) is 36.4 Å². The smallest absolute Gasteiger partial charge is 0.325 e. The molecule has 4 aromatic rings. The highest BCUT2D eigenvalue weighted by Gasteiger charge is 2.17. The van der Waals surface area contributed by atoms with Crippen molar-refractivity contribution >= 4 is 23.4 Å². The molecule has 0 aliphatic heterocycles. The number of carbonyl (C=O) groups excluding carboxylic acids is 1. The van der Waals surface area contributed by atoms with Crippen LogP contribution < -0.4 is 16.6 Å². The second-order valence-corrected chi connectivity index (χ2v) is 8.46. The molecule has 0 aliphatic rings. The fourth-order valence-electron chi connectivity index (χ4n) is 3.35. The van der Waals surface area contributed by atoms with Crippen molar-refractivity contribution in [2.75, 3.05) is 11.1 Å². The summed E-state index contributed by atoms with van der Waals surface area (Å²) in [5.74, 6) is 0.511. The third-order valence-corrected chi connectivity index (χ3v) is 5.81. The molecule has 2 heterocycles. The van der Waals surface area contributed by atoms with Gasteiger partial charge in [-0.3, -0.25) is 19.1 Å². The normalized spacial score (nSPS) is 10.8. The van der Waals surface area contributed by atoms with E-state index in [1.54, 1.807) is 0 Å². The largest absolute Gasteiger partial charge is 0.325 e. The van der Waals surface area contributed by atoms with Crippen LogP contribution in [-0.2, 0) is 11.2 Å². The lowest BCUT2D eigenvalue weighted by Crippen LogP contribution is -2.23. The van der Waals surface area contributed by atoms with Gasteiger partial charge in [0.15, 0.2) is 5.16 Å². The first-order chi connectivity index (χ1) is 15.9. The summed E-state index contributed by atoms with van der Waals surface area (Å²) in [4.78, 5) is 40.7. The molecule has 10 heteroatoms. The first-order valence-corrected chi connectivity index (χ1v) is 11.2. The summed E-state index contributed by atoms with van der Waals surface area (Å²) in [6, 6.07) is 16.7. The molecule has 1 amide bonds. The number of rotatable bonds is 7. The van der Waals surface area contributed by atoms with Gasteiger partial charge in [0.2, 0.25) is 5.91 Å². The van der Waals surface area contributed by atoms with Gasteiger partial charge in [-0.05, 0) is 43.2 Å². The third-order valence-electron chi connectivity index (χ3n) is 4.88. The number of nitrogens with zero attached hydrogens (tertiary/aromatic N) is 3. The standard InChI is InChI=1S/C23H22N6O3S/c1-14-6-5-8-17(10-14)29-19(11-16-12-20(30)26-22(32)24-16)27-28-23(29)33-13-21(31)25-18-9-4-3-7-15(18)2/h3-10,12H,11,13H2,1-2H3,(H,25,31)(H2,24,26,30,32). The summed E-state index contributed by atoms with van der Waals surface area (Å²) in [5, 5.41) is 12.0. The zero-order valence-corrected chi connectivity index (χ0v) is 18.9. The number of para-hydroxylation sites is 1. The van der Waals surface area contributed by atoms with Crippen molar-refractivity contribution in [1.82, 2.24) is 24.7 Å². The zero-order chi connectivity index (χ0) is 23.4. The predicted octanol–water partition coefficient (Wildman–Crippen LogP) is 2.58. The Labute approximate surface area is 193 Å². The second-order valence-electron chi connectivity index (χ2n) is 7.51. The van der Waals surface area contributed by atoms with Gasteiger partial charge in [-0.25, -0.2) is 4.79 Å². The van der Waals surface area contributed by atoms with Gasteiger partial charge in [-0.15, -0.1) is 10.2 Å². The highest BCUT2D eigenvalue weighted by molar-refractivity contribution is 7.99. The fraction of sp³-hybridized carbons (Fsp3) is 0.174. The maximum atomic E-state index is 12.5. The van der Waals surface area contributed by atoms with E-state index < -0.39 is 11.2 Å². The molecule has 9 nitrogen and oxygen atoms in total. The first kappa shape index (κ1) is 22.3. The van der Waals surface area contributed by atoms with Crippen molar-refractivity contribution in [3.63, 3.8) is 0 Å². The van der Waals surface area contributed by atoms with Gasteiger partial charge in [0, 0.05) is 29.6 Å². The van der Waals surface area contributed by atoms with Gasteiger partial charge in [-0.2, -0.15) is 0 Å². The number of anilines is 1. The van der Waals surface area contributed by atoms with Crippen LogP contribution in [0.25, 0.3) is 5.69 Å². The van der Waals surface area contributed by atoms with Gasteiger partial charge < -0.3 is 10.3 Å². The lowest BCUT2D eigenvalue weighted by molar-refractivity contribution is -0.113. The second kappa shape index (κ2) is 9.70. The summed E-state index contributed by atoms with van der Waals surface area (Å²) in [7, 11) is 0. The summed E-state index contributed by atoms with van der Waals surface area (Å²) in [5.41, 5.74) is 2.96. The number of aryl methyl sites for hydroxylation is 2. The zero-order valence-electron chi connectivity index (χ0n) is 18.1.